The highest BCUT2D eigenvalue weighted by Crippen LogP contribution is 2.16. The summed E-state index contributed by atoms with van der Waals surface area (Å²) in [5.74, 6) is 0.0639. The lowest BCUT2D eigenvalue weighted by molar-refractivity contribution is -0.118. The SMILES string of the molecule is Cn1c(SCC(=O)NCc2ccc(Cl)cc2)nc2ccccc2c1=O. The lowest BCUT2D eigenvalue weighted by Crippen LogP contribution is -2.25. The van der Waals surface area contributed by atoms with Gasteiger partial charge >= 0.3 is 0 Å². The first-order chi connectivity index (χ1) is 12.0. The second kappa shape index (κ2) is 7.72. The Balaban J connectivity index is 1.64. The number of carbonyl (C=O) groups is 1. The number of nitrogens with one attached hydrogen (secondary N) is 1. The van der Waals surface area contributed by atoms with Gasteiger partial charge in [0.1, 0.15) is 0 Å². The number of halogens is 1. The molecule has 0 saturated heterocycles. The van der Waals surface area contributed by atoms with Gasteiger partial charge < -0.3 is 5.32 Å². The van der Waals surface area contributed by atoms with E-state index >= 15 is 0 Å². The smallest absolute Gasteiger partial charge is 0.261 e. The third-order valence-electron chi connectivity index (χ3n) is 3.68. The summed E-state index contributed by atoms with van der Waals surface area (Å²) in [6.07, 6.45) is 0. The maximum Gasteiger partial charge on any atom is 0.261 e. The molecule has 0 fully saturated rings. The van der Waals surface area contributed by atoms with Crippen LogP contribution in [0.5, 0.6) is 0 Å². The van der Waals surface area contributed by atoms with Crippen molar-refractivity contribution in [2.45, 2.75) is 11.7 Å². The highest BCUT2D eigenvalue weighted by molar-refractivity contribution is 7.99. The molecule has 128 valence electrons. The second-order valence-electron chi connectivity index (χ2n) is 5.47. The van der Waals surface area contributed by atoms with E-state index in [9.17, 15) is 9.59 Å². The van der Waals surface area contributed by atoms with Gasteiger partial charge in [-0.3, -0.25) is 14.2 Å². The van der Waals surface area contributed by atoms with Gasteiger partial charge in [0.25, 0.3) is 5.56 Å². The lowest BCUT2D eigenvalue weighted by atomic mass is 10.2. The van der Waals surface area contributed by atoms with Crippen LogP contribution in [0.3, 0.4) is 0 Å². The van der Waals surface area contributed by atoms with Gasteiger partial charge in [0.2, 0.25) is 5.91 Å². The summed E-state index contributed by atoms with van der Waals surface area (Å²) in [6, 6.07) is 14.5. The van der Waals surface area contributed by atoms with Crippen LogP contribution in [0, 0.1) is 0 Å². The Hall–Kier alpha value is -2.31. The summed E-state index contributed by atoms with van der Waals surface area (Å²) in [7, 11) is 1.66. The summed E-state index contributed by atoms with van der Waals surface area (Å²) < 4.78 is 1.47. The number of amides is 1. The fourth-order valence-electron chi connectivity index (χ4n) is 2.31. The third kappa shape index (κ3) is 4.21. The number of aromatic nitrogens is 2. The lowest BCUT2D eigenvalue weighted by Gasteiger charge is -2.09. The Labute approximate surface area is 154 Å². The maximum absolute atomic E-state index is 12.3. The highest BCUT2D eigenvalue weighted by atomic mass is 35.5. The van der Waals surface area contributed by atoms with Crippen molar-refractivity contribution in [2.75, 3.05) is 5.75 Å². The van der Waals surface area contributed by atoms with E-state index in [4.69, 9.17) is 11.6 Å². The Bertz CT molecular complexity index is 970. The van der Waals surface area contributed by atoms with E-state index in [1.165, 1.54) is 16.3 Å². The number of fused-ring (bicyclic) bond motifs is 1. The van der Waals surface area contributed by atoms with E-state index < -0.39 is 0 Å². The molecular weight excluding hydrogens is 358 g/mol. The maximum atomic E-state index is 12.3. The number of benzene rings is 2. The number of rotatable bonds is 5. The number of hydrogen-bond donors (Lipinski definition) is 1. The summed E-state index contributed by atoms with van der Waals surface area (Å²) in [5, 5.41) is 4.59. The van der Waals surface area contributed by atoms with Crippen LogP contribution >= 0.6 is 23.4 Å². The van der Waals surface area contributed by atoms with Crippen LogP contribution in [0.2, 0.25) is 5.02 Å². The average Bonchev–Trinajstić information content (AvgIpc) is 2.63. The number of hydrogen-bond acceptors (Lipinski definition) is 4. The first-order valence-corrected chi connectivity index (χ1v) is 9.00. The van der Waals surface area contributed by atoms with E-state index in [1.807, 2.05) is 24.3 Å². The van der Waals surface area contributed by atoms with Gasteiger partial charge in [0.15, 0.2) is 5.16 Å². The number of nitrogens with zero attached hydrogens (tertiary/aromatic N) is 2. The minimum absolute atomic E-state index is 0.116. The molecule has 25 heavy (non-hydrogen) atoms. The highest BCUT2D eigenvalue weighted by Gasteiger charge is 2.10. The molecule has 0 unspecified atom stereocenters. The second-order valence-corrected chi connectivity index (χ2v) is 6.85. The molecule has 5 nitrogen and oxygen atoms in total. The molecule has 3 aromatic rings. The molecule has 0 radical (unpaired) electrons. The Kier molecular flexibility index (Phi) is 5.40. The van der Waals surface area contributed by atoms with Crippen molar-refractivity contribution >= 4 is 40.2 Å². The molecule has 0 bridgehead atoms. The molecule has 1 aromatic heterocycles. The fraction of sp³-hybridized carbons (Fsp3) is 0.167. The minimum Gasteiger partial charge on any atom is -0.351 e. The van der Waals surface area contributed by atoms with Crippen LogP contribution in [0.15, 0.2) is 58.5 Å². The van der Waals surface area contributed by atoms with Crippen LogP contribution in [0.4, 0.5) is 0 Å². The first kappa shape index (κ1) is 17.5. The number of carbonyl (C=O) groups excluding carboxylic acids is 1. The standard InChI is InChI=1S/C18H16ClN3O2S/c1-22-17(24)14-4-2-3-5-15(14)21-18(22)25-11-16(23)20-10-12-6-8-13(19)9-7-12/h2-9H,10-11H2,1H3,(H,20,23). The summed E-state index contributed by atoms with van der Waals surface area (Å²) in [6.45, 7) is 0.431. The molecule has 0 saturated carbocycles. The zero-order valence-electron chi connectivity index (χ0n) is 13.5. The number of thioether (sulfide) groups is 1. The molecule has 0 spiro atoms. The van der Waals surface area contributed by atoms with Crippen LogP contribution in [0.25, 0.3) is 10.9 Å². The van der Waals surface area contributed by atoms with Crippen molar-refractivity contribution in [3.05, 3.63) is 69.5 Å². The van der Waals surface area contributed by atoms with Gasteiger partial charge in [-0.15, -0.1) is 0 Å². The molecule has 3 rings (SSSR count). The van der Waals surface area contributed by atoms with E-state index in [0.717, 1.165) is 5.56 Å². The largest absolute Gasteiger partial charge is 0.351 e. The average molecular weight is 374 g/mol. The normalized spacial score (nSPS) is 10.8. The Morgan fingerprint density at radius 2 is 1.92 bits per heavy atom. The van der Waals surface area contributed by atoms with Crippen LogP contribution < -0.4 is 10.9 Å². The van der Waals surface area contributed by atoms with Crippen molar-refractivity contribution in [2.24, 2.45) is 7.05 Å². The van der Waals surface area contributed by atoms with Crippen molar-refractivity contribution in [1.82, 2.24) is 14.9 Å². The molecule has 0 atom stereocenters. The molecule has 0 aliphatic heterocycles. The van der Waals surface area contributed by atoms with Gasteiger partial charge in [-0.1, -0.05) is 47.6 Å². The molecule has 0 aliphatic rings. The Morgan fingerprint density at radius 3 is 2.68 bits per heavy atom. The first-order valence-electron chi connectivity index (χ1n) is 7.64. The molecule has 1 N–H and O–H groups in total. The molecule has 0 aliphatic carbocycles. The quantitative estimate of drug-likeness (QED) is 0.551. The van der Waals surface area contributed by atoms with Crippen molar-refractivity contribution in [3.8, 4) is 0 Å². The molecule has 7 heteroatoms. The zero-order chi connectivity index (χ0) is 17.8. The van der Waals surface area contributed by atoms with Crippen LogP contribution in [-0.2, 0) is 18.4 Å². The predicted molar refractivity (Wildman–Crippen MR) is 101 cm³/mol. The van der Waals surface area contributed by atoms with Gasteiger partial charge in [-0.2, -0.15) is 0 Å². The summed E-state index contributed by atoms with van der Waals surface area (Å²) in [4.78, 5) is 28.8. The summed E-state index contributed by atoms with van der Waals surface area (Å²) in [5.41, 5.74) is 1.49. The van der Waals surface area contributed by atoms with Crippen molar-refractivity contribution in [1.29, 1.82) is 0 Å². The van der Waals surface area contributed by atoms with Crippen LogP contribution in [0.1, 0.15) is 5.56 Å². The number of para-hydroxylation sites is 1. The van der Waals surface area contributed by atoms with Gasteiger partial charge in [0, 0.05) is 18.6 Å². The van der Waals surface area contributed by atoms with E-state index in [1.54, 1.807) is 31.3 Å². The molecule has 2 aromatic carbocycles. The van der Waals surface area contributed by atoms with Crippen molar-refractivity contribution in [3.63, 3.8) is 0 Å². The Morgan fingerprint density at radius 1 is 1.20 bits per heavy atom. The van der Waals surface area contributed by atoms with Gasteiger partial charge in [0.05, 0.1) is 16.7 Å². The van der Waals surface area contributed by atoms with E-state index in [0.29, 0.717) is 27.6 Å². The molecule has 1 amide bonds. The van der Waals surface area contributed by atoms with Crippen LogP contribution in [-0.4, -0.2) is 21.2 Å². The van der Waals surface area contributed by atoms with Gasteiger partial charge in [-0.25, -0.2) is 4.98 Å². The minimum atomic E-state index is -0.123. The topological polar surface area (TPSA) is 64.0 Å². The monoisotopic (exact) mass is 373 g/mol. The van der Waals surface area contributed by atoms with Gasteiger partial charge in [-0.05, 0) is 29.8 Å². The van der Waals surface area contributed by atoms with E-state index in [2.05, 4.69) is 10.3 Å². The van der Waals surface area contributed by atoms with E-state index in [-0.39, 0.29) is 17.2 Å². The zero-order valence-corrected chi connectivity index (χ0v) is 15.1. The molecular formula is C18H16ClN3O2S. The summed E-state index contributed by atoms with van der Waals surface area (Å²) >= 11 is 7.08. The molecule has 1 heterocycles. The fourth-order valence-corrected chi connectivity index (χ4v) is 3.24. The predicted octanol–water partition coefficient (Wildman–Crippen LogP) is 3.00. The van der Waals surface area contributed by atoms with Crippen molar-refractivity contribution < 1.29 is 4.79 Å². The third-order valence-corrected chi connectivity index (χ3v) is 4.96.